The van der Waals surface area contributed by atoms with Crippen molar-refractivity contribution < 1.29 is 0 Å². The van der Waals surface area contributed by atoms with E-state index in [1.807, 2.05) is 12.3 Å². The summed E-state index contributed by atoms with van der Waals surface area (Å²) >= 11 is 0. The predicted octanol–water partition coefficient (Wildman–Crippen LogP) is 4.95. The van der Waals surface area contributed by atoms with Crippen molar-refractivity contribution in [2.45, 2.75) is 13.8 Å². The zero-order valence-electron chi connectivity index (χ0n) is 13.4. The lowest BCUT2D eigenvalue weighted by molar-refractivity contribution is 0.976. The lowest BCUT2D eigenvalue weighted by Crippen LogP contribution is -2.24. The van der Waals surface area contributed by atoms with Crippen LogP contribution in [0.15, 0.2) is 66.9 Å². The smallest absolute Gasteiger partial charge is 0.158 e. The van der Waals surface area contributed by atoms with Crippen molar-refractivity contribution in [3.8, 4) is 0 Å². The maximum absolute atomic E-state index is 4.72. The second-order valence-electron chi connectivity index (χ2n) is 5.97. The number of aromatic nitrogens is 1. The van der Waals surface area contributed by atoms with Gasteiger partial charge in [0.2, 0.25) is 0 Å². The van der Waals surface area contributed by atoms with Crippen LogP contribution in [-0.2, 0) is 0 Å². The summed E-state index contributed by atoms with van der Waals surface area (Å²) in [6.45, 7) is 5.02. The van der Waals surface area contributed by atoms with Gasteiger partial charge in [0.25, 0.3) is 0 Å². The highest BCUT2D eigenvalue weighted by Gasteiger charge is 2.29. The van der Waals surface area contributed by atoms with Crippen molar-refractivity contribution >= 4 is 22.9 Å². The molecule has 3 aromatic rings. The Kier molecular flexibility index (Phi) is 3.27. The molecular weight excluding hydrogens is 282 g/mol. The summed E-state index contributed by atoms with van der Waals surface area (Å²) in [7, 11) is 0. The van der Waals surface area contributed by atoms with Crippen LogP contribution in [0.4, 0.5) is 22.9 Å². The molecule has 0 spiro atoms. The molecule has 0 atom stereocenters. The Morgan fingerprint density at radius 3 is 2.35 bits per heavy atom. The zero-order chi connectivity index (χ0) is 15.8. The Balaban J connectivity index is 1.85. The molecule has 0 saturated carbocycles. The fourth-order valence-corrected chi connectivity index (χ4v) is 3.12. The fraction of sp³-hybridized carbons (Fsp3) is 0.150. The number of rotatable bonds is 2. The molecule has 0 bridgehead atoms. The maximum Gasteiger partial charge on any atom is 0.158 e. The third kappa shape index (κ3) is 2.34. The molecule has 0 N–H and O–H groups in total. The average Bonchev–Trinajstić information content (AvgIpc) is 2.94. The lowest BCUT2D eigenvalue weighted by atomic mass is 10.2. The van der Waals surface area contributed by atoms with Crippen molar-refractivity contribution in [3.63, 3.8) is 0 Å². The van der Waals surface area contributed by atoms with E-state index in [4.69, 9.17) is 4.98 Å². The molecule has 3 heteroatoms. The first kappa shape index (κ1) is 13.8. The van der Waals surface area contributed by atoms with E-state index in [0.717, 1.165) is 12.5 Å². The molecule has 2 heterocycles. The summed E-state index contributed by atoms with van der Waals surface area (Å²) < 4.78 is 0. The first-order valence-electron chi connectivity index (χ1n) is 7.86. The molecule has 0 aliphatic carbocycles. The van der Waals surface area contributed by atoms with Gasteiger partial charge in [-0.05, 0) is 49.2 Å². The number of benzene rings is 2. The van der Waals surface area contributed by atoms with Gasteiger partial charge in [0.1, 0.15) is 6.67 Å². The number of pyridine rings is 1. The first-order chi connectivity index (χ1) is 11.2. The van der Waals surface area contributed by atoms with E-state index in [1.54, 1.807) is 0 Å². The molecule has 0 amide bonds. The summed E-state index contributed by atoms with van der Waals surface area (Å²) in [6.07, 6.45) is 1.94. The van der Waals surface area contributed by atoms with E-state index < -0.39 is 0 Å². The summed E-state index contributed by atoms with van der Waals surface area (Å²) in [5.74, 6) is 1.02. The number of para-hydroxylation sites is 2. The van der Waals surface area contributed by atoms with Crippen molar-refractivity contribution in [2.24, 2.45) is 0 Å². The second-order valence-corrected chi connectivity index (χ2v) is 5.97. The van der Waals surface area contributed by atoms with Crippen molar-refractivity contribution in [1.29, 1.82) is 0 Å². The molecule has 23 heavy (non-hydrogen) atoms. The molecule has 0 saturated heterocycles. The van der Waals surface area contributed by atoms with E-state index in [-0.39, 0.29) is 0 Å². The molecule has 1 aliphatic rings. The number of hydrogen-bond acceptors (Lipinski definition) is 3. The van der Waals surface area contributed by atoms with E-state index in [1.165, 1.54) is 28.2 Å². The van der Waals surface area contributed by atoms with E-state index in [2.05, 4.69) is 78.2 Å². The highest BCUT2D eigenvalue weighted by Crippen LogP contribution is 2.43. The van der Waals surface area contributed by atoms with Crippen LogP contribution < -0.4 is 9.80 Å². The van der Waals surface area contributed by atoms with Gasteiger partial charge in [0.15, 0.2) is 5.82 Å². The Bertz CT molecular complexity index is 843. The normalized spacial score (nSPS) is 13.3. The highest BCUT2D eigenvalue weighted by atomic mass is 15.4. The van der Waals surface area contributed by atoms with Gasteiger partial charge in [-0.25, -0.2) is 4.98 Å². The van der Waals surface area contributed by atoms with Gasteiger partial charge >= 0.3 is 0 Å². The summed E-state index contributed by atoms with van der Waals surface area (Å²) in [4.78, 5) is 9.33. The standard InChI is InChI=1S/C20H19N3/c1-15-12-19-20(21-13-15)23(18-11-7-6-8-16(18)2)14-22(19)17-9-4-3-5-10-17/h3-13H,14H2,1-2H3. The van der Waals surface area contributed by atoms with Crippen LogP contribution in [0.5, 0.6) is 0 Å². The summed E-state index contributed by atoms with van der Waals surface area (Å²) in [6, 6.07) is 21.2. The minimum Gasteiger partial charge on any atom is -0.320 e. The van der Waals surface area contributed by atoms with Gasteiger partial charge < -0.3 is 9.80 Å². The molecule has 1 aromatic heterocycles. The van der Waals surface area contributed by atoms with E-state index in [9.17, 15) is 0 Å². The highest BCUT2D eigenvalue weighted by molar-refractivity contribution is 5.85. The number of aryl methyl sites for hydroxylation is 2. The summed E-state index contributed by atoms with van der Waals surface area (Å²) in [5, 5.41) is 0. The second kappa shape index (κ2) is 5.43. The van der Waals surface area contributed by atoms with Gasteiger partial charge in [-0.2, -0.15) is 0 Å². The molecule has 114 valence electrons. The predicted molar refractivity (Wildman–Crippen MR) is 95.7 cm³/mol. The minimum absolute atomic E-state index is 0.778. The van der Waals surface area contributed by atoms with Crippen LogP contribution in [0.2, 0.25) is 0 Å². The third-order valence-electron chi connectivity index (χ3n) is 4.29. The van der Waals surface area contributed by atoms with Gasteiger partial charge in [-0.1, -0.05) is 36.4 Å². The Morgan fingerprint density at radius 1 is 0.826 bits per heavy atom. The first-order valence-corrected chi connectivity index (χ1v) is 7.86. The molecule has 0 radical (unpaired) electrons. The zero-order valence-corrected chi connectivity index (χ0v) is 13.4. The Labute approximate surface area is 136 Å². The minimum atomic E-state index is 0.778. The summed E-state index contributed by atoms with van der Waals surface area (Å²) in [5.41, 5.74) is 6.01. The van der Waals surface area contributed by atoms with Crippen LogP contribution in [0.3, 0.4) is 0 Å². The van der Waals surface area contributed by atoms with Crippen LogP contribution in [0, 0.1) is 13.8 Å². The number of anilines is 4. The van der Waals surface area contributed by atoms with Gasteiger partial charge in [-0.15, -0.1) is 0 Å². The maximum atomic E-state index is 4.72. The molecular formula is C20H19N3. The van der Waals surface area contributed by atoms with Crippen LogP contribution in [-0.4, -0.2) is 11.7 Å². The quantitative estimate of drug-likeness (QED) is 0.668. The molecule has 2 aromatic carbocycles. The Hall–Kier alpha value is -2.81. The van der Waals surface area contributed by atoms with E-state index >= 15 is 0 Å². The van der Waals surface area contributed by atoms with Crippen molar-refractivity contribution in [1.82, 2.24) is 4.98 Å². The van der Waals surface area contributed by atoms with Crippen LogP contribution in [0.1, 0.15) is 11.1 Å². The van der Waals surface area contributed by atoms with Crippen LogP contribution in [0.25, 0.3) is 0 Å². The molecule has 0 fully saturated rings. The lowest BCUT2D eigenvalue weighted by Gasteiger charge is -2.22. The third-order valence-corrected chi connectivity index (χ3v) is 4.29. The monoisotopic (exact) mass is 301 g/mol. The molecule has 0 unspecified atom stereocenters. The number of hydrogen-bond donors (Lipinski definition) is 0. The van der Waals surface area contributed by atoms with Crippen LogP contribution >= 0.6 is 0 Å². The SMILES string of the molecule is Cc1cnc2c(c1)N(c1ccccc1)CN2c1ccccc1C. The van der Waals surface area contributed by atoms with Gasteiger partial charge in [-0.3, -0.25) is 0 Å². The van der Waals surface area contributed by atoms with Gasteiger partial charge in [0, 0.05) is 17.6 Å². The topological polar surface area (TPSA) is 19.4 Å². The van der Waals surface area contributed by atoms with Gasteiger partial charge in [0.05, 0.1) is 5.69 Å². The van der Waals surface area contributed by atoms with Crippen molar-refractivity contribution in [2.75, 3.05) is 16.5 Å². The number of fused-ring (bicyclic) bond motifs is 1. The van der Waals surface area contributed by atoms with Crippen molar-refractivity contribution in [3.05, 3.63) is 78.0 Å². The van der Waals surface area contributed by atoms with E-state index in [0.29, 0.717) is 0 Å². The average molecular weight is 301 g/mol. The number of nitrogens with zero attached hydrogens (tertiary/aromatic N) is 3. The largest absolute Gasteiger partial charge is 0.320 e. The molecule has 1 aliphatic heterocycles. The molecule has 3 nitrogen and oxygen atoms in total. The fourth-order valence-electron chi connectivity index (χ4n) is 3.12. The Morgan fingerprint density at radius 2 is 1.57 bits per heavy atom. The molecule has 4 rings (SSSR count).